The summed E-state index contributed by atoms with van der Waals surface area (Å²) in [5, 5.41) is 0. The molecule has 0 radical (unpaired) electrons. The second-order valence-electron chi connectivity index (χ2n) is 6.77. The van der Waals surface area contributed by atoms with E-state index in [0.29, 0.717) is 0 Å². The van der Waals surface area contributed by atoms with Crippen molar-refractivity contribution in [3.8, 4) is 0 Å². The minimum atomic E-state index is -2.34. The van der Waals surface area contributed by atoms with Crippen LogP contribution in [0.1, 0.15) is 59.3 Å². The standard InChI is InChI=1S/C10H9S.3C4H9.Sn/c1-2-3-9-11-10-7-5-4-6-8-10;3*1-3-4-2;/h2-8H,1H2;3*1,3-4H2,2H3;. The van der Waals surface area contributed by atoms with Crippen molar-refractivity contribution in [2.75, 3.05) is 0 Å². The molecule has 0 aliphatic rings. The molecule has 0 aromatic heterocycles. The van der Waals surface area contributed by atoms with Crippen LogP contribution in [0.15, 0.2) is 56.9 Å². The van der Waals surface area contributed by atoms with Gasteiger partial charge in [0.1, 0.15) is 0 Å². The Bertz CT molecular complexity index is 456. The molecule has 0 saturated carbocycles. The van der Waals surface area contributed by atoms with Crippen molar-refractivity contribution in [3.05, 3.63) is 52.0 Å². The molecule has 134 valence electrons. The van der Waals surface area contributed by atoms with Gasteiger partial charge in [0.15, 0.2) is 0 Å². The van der Waals surface area contributed by atoms with E-state index in [1.54, 1.807) is 2.92 Å². The van der Waals surface area contributed by atoms with Crippen LogP contribution in [0, 0.1) is 0 Å². The molecule has 0 heterocycles. The van der Waals surface area contributed by atoms with Crippen molar-refractivity contribution >= 4 is 30.1 Å². The molecule has 24 heavy (non-hydrogen) atoms. The molecular formula is C22H36SSn. The third-order valence-electron chi connectivity index (χ3n) is 4.79. The van der Waals surface area contributed by atoms with Gasteiger partial charge in [-0.2, -0.15) is 0 Å². The van der Waals surface area contributed by atoms with Gasteiger partial charge in [-0.3, -0.25) is 0 Å². The van der Waals surface area contributed by atoms with Crippen LogP contribution in [0.5, 0.6) is 0 Å². The quantitative estimate of drug-likeness (QED) is 0.165. The Morgan fingerprint density at radius 1 is 0.917 bits per heavy atom. The maximum atomic E-state index is 4.04. The number of rotatable bonds is 13. The van der Waals surface area contributed by atoms with E-state index < -0.39 is 18.4 Å². The van der Waals surface area contributed by atoms with E-state index in [2.05, 4.69) is 75.5 Å². The number of allylic oxidation sites excluding steroid dienone is 2. The molecule has 2 heteroatoms. The Labute approximate surface area is 159 Å². The maximum absolute atomic E-state index is 4.04. The molecule has 0 aliphatic heterocycles. The summed E-state index contributed by atoms with van der Waals surface area (Å²) in [6.45, 7) is 11.1. The third kappa shape index (κ3) is 7.39. The molecule has 0 atom stereocenters. The van der Waals surface area contributed by atoms with Gasteiger partial charge >= 0.3 is 160 Å². The van der Waals surface area contributed by atoms with Crippen molar-refractivity contribution in [2.24, 2.45) is 0 Å². The summed E-state index contributed by atoms with van der Waals surface area (Å²) in [5.41, 5.74) is 0. The van der Waals surface area contributed by atoms with E-state index in [9.17, 15) is 0 Å². The molecule has 0 spiro atoms. The van der Waals surface area contributed by atoms with E-state index >= 15 is 0 Å². The molecule has 1 rings (SSSR count). The summed E-state index contributed by atoms with van der Waals surface area (Å²) in [6.07, 6.45) is 12.6. The Hall–Kier alpha value is -0.151. The summed E-state index contributed by atoms with van der Waals surface area (Å²) in [5.74, 6) is 0. The fourth-order valence-corrected chi connectivity index (χ4v) is 23.6. The Balaban J connectivity index is 3.14. The average molecular weight is 451 g/mol. The van der Waals surface area contributed by atoms with Crippen molar-refractivity contribution in [1.29, 1.82) is 0 Å². The molecule has 1 aromatic carbocycles. The van der Waals surface area contributed by atoms with Gasteiger partial charge in [0.2, 0.25) is 0 Å². The van der Waals surface area contributed by atoms with Crippen LogP contribution in [-0.4, -0.2) is 18.4 Å². The predicted molar refractivity (Wildman–Crippen MR) is 115 cm³/mol. The number of thioether (sulfide) groups is 1. The van der Waals surface area contributed by atoms with E-state index in [1.807, 2.05) is 6.08 Å². The molecule has 0 aliphatic carbocycles. The number of hydrogen-bond donors (Lipinski definition) is 0. The van der Waals surface area contributed by atoms with Crippen LogP contribution in [0.2, 0.25) is 13.3 Å². The van der Waals surface area contributed by atoms with Gasteiger partial charge < -0.3 is 0 Å². The van der Waals surface area contributed by atoms with Gasteiger partial charge in [0.05, 0.1) is 0 Å². The van der Waals surface area contributed by atoms with Crippen molar-refractivity contribution in [3.63, 3.8) is 0 Å². The van der Waals surface area contributed by atoms with Crippen LogP contribution in [-0.2, 0) is 0 Å². The van der Waals surface area contributed by atoms with Crippen LogP contribution in [0.4, 0.5) is 0 Å². The van der Waals surface area contributed by atoms with E-state index in [-0.39, 0.29) is 0 Å². The van der Waals surface area contributed by atoms with E-state index in [1.165, 1.54) is 56.7 Å². The van der Waals surface area contributed by atoms with Gasteiger partial charge in [-0.15, -0.1) is 0 Å². The third-order valence-corrected chi connectivity index (χ3v) is 24.1. The molecule has 0 nitrogen and oxygen atoms in total. The zero-order valence-corrected chi connectivity index (χ0v) is 19.7. The zero-order valence-electron chi connectivity index (χ0n) is 16.0. The first-order valence-electron chi connectivity index (χ1n) is 9.78. The SMILES string of the molecule is C=C/C=[C](\Sc1ccccc1)[Sn]([CH2]CCC)([CH2]CCC)[CH2]CCC. The normalized spacial score (nSPS) is 12.4. The van der Waals surface area contributed by atoms with Gasteiger partial charge in [0.25, 0.3) is 0 Å². The molecular weight excluding hydrogens is 415 g/mol. The van der Waals surface area contributed by atoms with E-state index in [4.69, 9.17) is 0 Å². The van der Waals surface area contributed by atoms with Gasteiger partial charge in [-0.05, 0) is 0 Å². The molecule has 0 unspecified atom stereocenters. The van der Waals surface area contributed by atoms with Crippen molar-refractivity contribution < 1.29 is 0 Å². The average Bonchev–Trinajstić information content (AvgIpc) is 2.62. The summed E-state index contributed by atoms with van der Waals surface area (Å²) in [4.78, 5) is 1.40. The fourth-order valence-electron chi connectivity index (χ4n) is 3.33. The van der Waals surface area contributed by atoms with Gasteiger partial charge in [0, 0.05) is 0 Å². The first kappa shape index (κ1) is 21.9. The molecule has 0 bridgehead atoms. The molecule has 1 aromatic rings. The van der Waals surface area contributed by atoms with Crippen LogP contribution < -0.4 is 0 Å². The van der Waals surface area contributed by atoms with Crippen molar-refractivity contribution in [1.82, 2.24) is 0 Å². The first-order valence-corrected chi connectivity index (χ1v) is 18.1. The topological polar surface area (TPSA) is 0 Å². The van der Waals surface area contributed by atoms with Crippen LogP contribution >= 0.6 is 11.8 Å². The fraction of sp³-hybridized carbons (Fsp3) is 0.545. The Kier molecular flexibility index (Phi) is 12.0. The number of unbranched alkanes of at least 4 members (excludes halogenated alkanes) is 3. The summed E-state index contributed by atoms with van der Waals surface area (Å²) in [6, 6.07) is 11.0. The summed E-state index contributed by atoms with van der Waals surface area (Å²) < 4.78 is 6.29. The molecule has 0 N–H and O–H groups in total. The van der Waals surface area contributed by atoms with Gasteiger partial charge in [-0.1, -0.05) is 0 Å². The second-order valence-corrected chi connectivity index (χ2v) is 22.0. The van der Waals surface area contributed by atoms with Crippen LogP contribution in [0.3, 0.4) is 0 Å². The van der Waals surface area contributed by atoms with E-state index in [0.717, 1.165) is 0 Å². The molecule has 0 amide bonds. The second kappa shape index (κ2) is 13.1. The molecule has 0 saturated heterocycles. The molecule has 0 fully saturated rings. The van der Waals surface area contributed by atoms with Crippen molar-refractivity contribution in [2.45, 2.75) is 77.5 Å². The monoisotopic (exact) mass is 452 g/mol. The van der Waals surface area contributed by atoms with Crippen LogP contribution in [0.25, 0.3) is 0 Å². The van der Waals surface area contributed by atoms with Gasteiger partial charge in [-0.25, -0.2) is 0 Å². The Morgan fingerprint density at radius 3 is 1.83 bits per heavy atom. The zero-order chi connectivity index (χ0) is 17.7. The number of hydrogen-bond acceptors (Lipinski definition) is 1. The predicted octanol–water partition coefficient (Wildman–Crippen LogP) is 8.24. The number of benzene rings is 1. The first-order chi connectivity index (χ1) is 11.7. The Morgan fingerprint density at radius 2 is 1.42 bits per heavy atom. The summed E-state index contributed by atoms with van der Waals surface area (Å²) >= 11 is -0.290. The summed E-state index contributed by atoms with van der Waals surface area (Å²) in [7, 11) is 0. The minimum absolute atomic E-state index is 1.33.